The van der Waals surface area contributed by atoms with E-state index in [0.29, 0.717) is 0 Å². The lowest BCUT2D eigenvalue weighted by molar-refractivity contribution is 1.24. The molecule has 0 saturated heterocycles. The van der Waals surface area contributed by atoms with E-state index in [-0.39, 0.29) is 0 Å². The zero-order valence-electron chi connectivity index (χ0n) is 11.3. The zero-order chi connectivity index (χ0) is 14.5. The third-order valence-corrected chi connectivity index (χ3v) is 3.30. The lowest BCUT2D eigenvalue weighted by Crippen LogP contribution is -1.86. The number of halogens is 1. The summed E-state index contributed by atoms with van der Waals surface area (Å²) >= 11 is 5.86. The average Bonchev–Trinajstić information content (AvgIpc) is 2.56. The van der Waals surface area contributed by atoms with Crippen molar-refractivity contribution in [3.63, 3.8) is 0 Å². The van der Waals surface area contributed by atoms with Crippen molar-refractivity contribution < 1.29 is 0 Å². The molecule has 0 N–H and O–H groups in total. The van der Waals surface area contributed by atoms with E-state index in [4.69, 9.17) is 11.6 Å². The second-order valence-corrected chi connectivity index (χ2v) is 5.01. The molecule has 0 radical (unpaired) electrons. The lowest BCUT2D eigenvalue weighted by Gasteiger charge is -2.00. The Morgan fingerprint density at radius 3 is 2.10 bits per heavy atom. The van der Waals surface area contributed by atoms with E-state index < -0.39 is 0 Å². The van der Waals surface area contributed by atoms with E-state index in [2.05, 4.69) is 9.97 Å². The van der Waals surface area contributed by atoms with E-state index in [0.717, 1.165) is 27.5 Å². The van der Waals surface area contributed by atoms with Crippen molar-refractivity contribution >= 4 is 23.8 Å². The summed E-state index contributed by atoms with van der Waals surface area (Å²) < 4.78 is 0. The lowest BCUT2D eigenvalue weighted by atomic mass is 10.1. The maximum Gasteiger partial charge on any atom is 0.0886 e. The summed E-state index contributed by atoms with van der Waals surface area (Å²) in [4.78, 5) is 8.73. The van der Waals surface area contributed by atoms with Crippen LogP contribution in [-0.4, -0.2) is 9.97 Å². The molecule has 2 aromatic heterocycles. The van der Waals surface area contributed by atoms with Gasteiger partial charge in [0.1, 0.15) is 0 Å². The normalized spacial score (nSPS) is 10.9. The Morgan fingerprint density at radius 2 is 1.43 bits per heavy atom. The van der Waals surface area contributed by atoms with Crippen LogP contribution in [0.15, 0.2) is 67.0 Å². The van der Waals surface area contributed by atoms with Crippen molar-refractivity contribution in [3.05, 3.63) is 83.1 Å². The number of hydrogen-bond donors (Lipinski definition) is 0. The Kier molecular flexibility index (Phi) is 4.08. The SMILES string of the molecule is Clc1ccc(/C=C\c2ccc(-c3ccccn3)nc2)cc1. The van der Waals surface area contributed by atoms with Gasteiger partial charge < -0.3 is 0 Å². The Balaban J connectivity index is 1.77. The molecule has 3 heteroatoms. The Hall–Kier alpha value is -2.45. The van der Waals surface area contributed by atoms with Crippen LogP contribution in [0.2, 0.25) is 5.02 Å². The van der Waals surface area contributed by atoms with Gasteiger partial charge in [-0.2, -0.15) is 0 Å². The van der Waals surface area contributed by atoms with Crippen molar-refractivity contribution in [3.8, 4) is 11.4 Å². The molecule has 2 nitrogen and oxygen atoms in total. The molecule has 0 aliphatic rings. The third kappa shape index (κ3) is 3.56. The standard InChI is InChI=1S/C18H13ClN2/c19-16-9-6-14(7-10-16)4-5-15-8-11-18(21-13-15)17-3-1-2-12-20-17/h1-13H/b5-4-. The van der Waals surface area contributed by atoms with Gasteiger partial charge in [-0.3, -0.25) is 9.97 Å². The summed E-state index contributed by atoms with van der Waals surface area (Å²) in [6.45, 7) is 0. The van der Waals surface area contributed by atoms with Gasteiger partial charge in [-0.05, 0) is 41.5 Å². The van der Waals surface area contributed by atoms with Gasteiger partial charge >= 0.3 is 0 Å². The molecular weight excluding hydrogens is 280 g/mol. The van der Waals surface area contributed by atoms with Crippen molar-refractivity contribution in [1.29, 1.82) is 0 Å². The predicted octanol–water partition coefficient (Wildman–Crippen LogP) is 4.97. The second-order valence-electron chi connectivity index (χ2n) is 4.58. The number of nitrogens with zero attached hydrogens (tertiary/aromatic N) is 2. The number of aromatic nitrogens is 2. The highest BCUT2D eigenvalue weighted by atomic mass is 35.5. The van der Waals surface area contributed by atoms with Crippen LogP contribution in [0.1, 0.15) is 11.1 Å². The second kappa shape index (κ2) is 6.33. The number of pyridine rings is 2. The van der Waals surface area contributed by atoms with Crippen LogP contribution in [0.25, 0.3) is 23.5 Å². The summed E-state index contributed by atoms with van der Waals surface area (Å²) in [6, 6.07) is 17.5. The van der Waals surface area contributed by atoms with Gasteiger partial charge in [0.25, 0.3) is 0 Å². The molecule has 0 aliphatic carbocycles. The van der Waals surface area contributed by atoms with Gasteiger partial charge in [0.05, 0.1) is 11.4 Å². The third-order valence-electron chi connectivity index (χ3n) is 3.05. The molecule has 2 heterocycles. The summed E-state index contributed by atoms with van der Waals surface area (Å²) in [5.41, 5.74) is 3.91. The fourth-order valence-electron chi connectivity index (χ4n) is 1.94. The number of rotatable bonds is 3. The van der Waals surface area contributed by atoms with Gasteiger partial charge in [-0.1, -0.05) is 48.0 Å². The van der Waals surface area contributed by atoms with E-state index in [1.165, 1.54) is 0 Å². The van der Waals surface area contributed by atoms with Crippen LogP contribution in [0.3, 0.4) is 0 Å². The quantitative estimate of drug-likeness (QED) is 0.681. The first-order valence-corrected chi connectivity index (χ1v) is 7.00. The first-order valence-electron chi connectivity index (χ1n) is 6.62. The molecule has 1 aromatic carbocycles. The Labute approximate surface area is 128 Å². The van der Waals surface area contributed by atoms with Gasteiger partial charge in [-0.15, -0.1) is 0 Å². The Bertz CT molecular complexity index is 732. The molecule has 21 heavy (non-hydrogen) atoms. The number of hydrogen-bond acceptors (Lipinski definition) is 2. The molecular formula is C18H13ClN2. The van der Waals surface area contributed by atoms with Crippen LogP contribution in [0, 0.1) is 0 Å². The van der Waals surface area contributed by atoms with Crippen LogP contribution >= 0.6 is 11.6 Å². The minimum Gasteiger partial charge on any atom is -0.255 e. The van der Waals surface area contributed by atoms with Gasteiger partial charge in [0.15, 0.2) is 0 Å². The highest BCUT2D eigenvalue weighted by molar-refractivity contribution is 6.30. The predicted molar refractivity (Wildman–Crippen MR) is 87.8 cm³/mol. The molecule has 0 spiro atoms. The molecule has 0 bridgehead atoms. The van der Waals surface area contributed by atoms with E-state index in [1.54, 1.807) is 6.20 Å². The van der Waals surface area contributed by atoms with Crippen molar-refractivity contribution in [2.24, 2.45) is 0 Å². The molecule has 102 valence electrons. The Morgan fingerprint density at radius 1 is 0.714 bits per heavy atom. The van der Waals surface area contributed by atoms with Gasteiger partial charge in [0, 0.05) is 17.4 Å². The molecule has 3 aromatic rings. The molecule has 0 amide bonds. The maximum atomic E-state index is 5.86. The molecule has 0 fully saturated rings. The fourth-order valence-corrected chi connectivity index (χ4v) is 2.06. The van der Waals surface area contributed by atoms with Crippen molar-refractivity contribution in [2.45, 2.75) is 0 Å². The van der Waals surface area contributed by atoms with Crippen molar-refractivity contribution in [2.75, 3.05) is 0 Å². The number of benzene rings is 1. The molecule has 0 aliphatic heterocycles. The largest absolute Gasteiger partial charge is 0.255 e. The minimum absolute atomic E-state index is 0.744. The van der Waals surface area contributed by atoms with Crippen LogP contribution in [0.4, 0.5) is 0 Å². The molecule has 0 unspecified atom stereocenters. The summed E-state index contributed by atoms with van der Waals surface area (Å²) in [6.07, 6.45) is 7.67. The molecule has 0 atom stereocenters. The van der Waals surface area contributed by atoms with Gasteiger partial charge in [-0.25, -0.2) is 0 Å². The zero-order valence-corrected chi connectivity index (χ0v) is 12.0. The average molecular weight is 293 g/mol. The summed E-state index contributed by atoms with van der Waals surface area (Å²) in [7, 11) is 0. The maximum absolute atomic E-state index is 5.86. The van der Waals surface area contributed by atoms with Gasteiger partial charge in [0.2, 0.25) is 0 Å². The van der Waals surface area contributed by atoms with E-state index in [1.807, 2.05) is 72.9 Å². The highest BCUT2D eigenvalue weighted by Gasteiger charge is 1.98. The van der Waals surface area contributed by atoms with Crippen LogP contribution in [0.5, 0.6) is 0 Å². The molecule has 3 rings (SSSR count). The topological polar surface area (TPSA) is 25.8 Å². The summed E-state index contributed by atoms with van der Waals surface area (Å²) in [5, 5.41) is 0.744. The van der Waals surface area contributed by atoms with Crippen LogP contribution < -0.4 is 0 Å². The first-order chi connectivity index (χ1) is 10.3. The van der Waals surface area contributed by atoms with E-state index >= 15 is 0 Å². The smallest absolute Gasteiger partial charge is 0.0886 e. The van der Waals surface area contributed by atoms with Crippen molar-refractivity contribution in [1.82, 2.24) is 9.97 Å². The first kappa shape index (κ1) is 13.5. The van der Waals surface area contributed by atoms with Crippen LogP contribution in [-0.2, 0) is 0 Å². The fraction of sp³-hybridized carbons (Fsp3) is 0. The monoisotopic (exact) mass is 292 g/mol. The minimum atomic E-state index is 0.744. The highest BCUT2D eigenvalue weighted by Crippen LogP contribution is 2.15. The van der Waals surface area contributed by atoms with E-state index in [9.17, 15) is 0 Å². The molecule has 0 saturated carbocycles. The summed E-state index contributed by atoms with van der Waals surface area (Å²) in [5.74, 6) is 0.